The topological polar surface area (TPSA) is 49.3 Å². The van der Waals surface area contributed by atoms with Gasteiger partial charge in [0.2, 0.25) is 0 Å². The predicted molar refractivity (Wildman–Crippen MR) is 60.3 cm³/mol. The summed E-state index contributed by atoms with van der Waals surface area (Å²) in [6, 6.07) is 7.40. The molecule has 0 spiro atoms. The van der Waals surface area contributed by atoms with E-state index < -0.39 is 5.97 Å². The number of carbonyl (C=O) groups is 1. The first kappa shape index (κ1) is 12.0. The number of aliphatic carboxylic acids is 1. The molecular weight excluding hydrogens is 214 g/mol. The Morgan fingerprint density at radius 1 is 1.47 bits per heavy atom. The molecular formula is C11H14ClNO2. The third-order valence-corrected chi connectivity index (χ3v) is 2.48. The van der Waals surface area contributed by atoms with Gasteiger partial charge in [-0.25, -0.2) is 0 Å². The Morgan fingerprint density at radius 2 is 2.07 bits per heavy atom. The Labute approximate surface area is 94.1 Å². The summed E-state index contributed by atoms with van der Waals surface area (Å²) in [6.07, 6.45) is 0.819. The fraction of sp³-hybridized carbons (Fsp3) is 0.364. The number of hydrogen-bond donors (Lipinski definition) is 2. The predicted octanol–water partition coefficient (Wildman–Crippen LogP) is 1.95. The minimum Gasteiger partial charge on any atom is -0.481 e. The summed E-state index contributed by atoms with van der Waals surface area (Å²) in [5, 5.41) is 12.4. The van der Waals surface area contributed by atoms with Gasteiger partial charge in [-0.05, 0) is 31.2 Å². The van der Waals surface area contributed by atoms with E-state index >= 15 is 0 Å². The van der Waals surface area contributed by atoms with Crippen molar-refractivity contribution < 1.29 is 9.90 Å². The van der Waals surface area contributed by atoms with Crippen LogP contribution in [0.5, 0.6) is 0 Å². The van der Waals surface area contributed by atoms with E-state index in [4.69, 9.17) is 16.7 Å². The van der Waals surface area contributed by atoms with Crippen molar-refractivity contribution in [1.82, 2.24) is 5.32 Å². The van der Waals surface area contributed by atoms with E-state index in [9.17, 15) is 4.79 Å². The Balaban J connectivity index is 2.58. The Morgan fingerprint density at radius 3 is 2.53 bits per heavy atom. The monoisotopic (exact) mass is 227 g/mol. The van der Waals surface area contributed by atoms with E-state index in [0.29, 0.717) is 11.4 Å². The molecule has 1 rings (SSSR count). The molecule has 15 heavy (non-hydrogen) atoms. The molecule has 0 amide bonds. The quantitative estimate of drug-likeness (QED) is 0.809. The first-order valence-corrected chi connectivity index (χ1v) is 5.13. The van der Waals surface area contributed by atoms with Gasteiger partial charge >= 0.3 is 5.97 Å². The molecule has 1 unspecified atom stereocenters. The van der Waals surface area contributed by atoms with Gasteiger partial charge in [-0.3, -0.25) is 4.79 Å². The van der Waals surface area contributed by atoms with Crippen LogP contribution in [0, 0.1) is 0 Å². The second-order valence-electron chi connectivity index (χ2n) is 3.41. The molecule has 0 bridgehead atoms. The van der Waals surface area contributed by atoms with Crippen LogP contribution in [0.15, 0.2) is 24.3 Å². The van der Waals surface area contributed by atoms with Crippen molar-refractivity contribution in [2.24, 2.45) is 0 Å². The molecule has 82 valence electrons. The fourth-order valence-electron chi connectivity index (χ4n) is 1.39. The zero-order valence-electron chi connectivity index (χ0n) is 8.53. The van der Waals surface area contributed by atoms with E-state index in [1.807, 2.05) is 24.3 Å². The molecule has 0 aliphatic rings. The molecule has 2 N–H and O–H groups in total. The average molecular weight is 228 g/mol. The third-order valence-electron chi connectivity index (χ3n) is 2.22. The lowest BCUT2D eigenvalue weighted by molar-refractivity contribution is -0.137. The first-order valence-electron chi connectivity index (χ1n) is 4.75. The van der Waals surface area contributed by atoms with E-state index in [1.54, 1.807) is 7.05 Å². The Kier molecular flexibility index (Phi) is 4.59. The van der Waals surface area contributed by atoms with Gasteiger partial charge in [-0.1, -0.05) is 23.7 Å². The second-order valence-corrected chi connectivity index (χ2v) is 3.85. The molecule has 0 heterocycles. The number of carboxylic acid groups (broad SMARTS) is 1. The summed E-state index contributed by atoms with van der Waals surface area (Å²) < 4.78 is 0. The van der Waals surface area contributed by atoms with Crippen molar-refractivity contribution in [2.45, 2.75) is 18.9 Å². The van der Waals surface area contributed by atoms with Gasteiger partial charge in [0.05, 0.1) is 6.42 Å². The van der Waals surface area contributed by atoms with E-state index in [-0.39, 0.29) is 12.5 Å². The van der Waals surface area contributed by atoms with Crippen LogP contribution in [-0.2, 0) is 11.2 Å². The number of halogens is 1. The standard InChI is InChI=1S/C11H14ClNO2/c1-13-10(7-11(14)15)6-8-2-4-9(12)5-3-8/h2-5,10,13H,6-7H2,1H3,(H,14,15). The van der Waals surface area contributed by atoms with Crippen LogP contribution >= 0.6 is 11.6 Å². The van der Waals surface area contributed by atoms with Crippen LogP contribution in [0.1, 0.15) is 12.0 Å². The summed E-state index contributed by atoms with van der Waals surface area (Å²) in [6.45, 7) is 0. The third kappa shape index (κ3) is 4.32. The lowest BCUT2D eigenvalue weighted by atomic mass is 10.0. The first-order chi connectivity index (χ1) is 7.11. The highest BCUT2D eigenvalue weighted by atomic mass is 35.5. The SMILES string of the molecule is CNC(CC(=O)O)Cc1ccc(Cl)cc1. The highest BCUT2D eigenvalue weighted by Crippen LogP contribution is 2.11. The summed E-state index contributed by atoms with van der Waals surface area (Å²) >= 11 is 5.76. The van der Waals surface area contributed by atoms with Crippen molar-refractivity contribution in [2.75, 3.05) is 7.05 Å². The molecule has 3 nitrogen and oxygen atoms in total. The molecule has 0 aliphatic heterocycles. The molecule has 1 aromatic carbocycles. The van der Waals surface area contributed by atoms with Crippen LogP contribution in [0.2, 0.25) is 5.02 Å². The van der Waals surface area contributed by atoms with Crippen molar-refractivity contribution in [3.8, 4) is 0 Å². The van der Waals surface area contributed by atoms with Crippen LogP contribution in [-0.4, -0.2) is 24.2 Å². The Bertz CT molecular complexity index is 324. The number of nitrogens with one attached hydrogen (secondary N) is 1. The van der Waals surface area contributed by atoms with Crippen LogP contribution in [0.3, 0.4) is 0 Å². The maximum absolute atomic E-state index is 10.6. The van der Waals surface area contributed by atoms with Gasteiger partial charge in [-0.2, -0.15) is 0 Å². The van der Waals surface area contributed by atoms with Gasteiger partial charge in [0.25, 0.3) is 0 Å². The molecule has 0 saturated heterocycles. The second kappa shape index (κ2) is 5.73. The van der Waals surface area contributed by atoms with E-state index in [2.05, 4.69) is 5.32 Å². The summed E-state index contributed by atoms with van der Waals surface area (Å²) in [7, 11) is 1.77. The minimum atomic E-state index is -0.789. The van der Waals surface area contributed by atoms with Crippen LogP contribution in [0.25, 0.3) is 0 Å². The van der Waals surface area contributed by atoms with Gasteiger partial charge < -0.3 is 10.4 Å². The largest absolute Gasteiger partial charge is 0.481 e. The Hall–Kier alpha value is -1.06. The van der Waals surface area contributed by atoms with Gasteiger partial charge in [-0.15, -0.1) is 0 Å². The van der Waals surface area contributed by atoms with Crippen molar-refractivity contribution in [1.29, 1.82) is 0 Å². The highest BCUT2D eigenvalue weighted by Gasteiger charge is 2.11. The maximum atomic E-state index is 10.6. The molecule has 1 aromatic rings. The number of rotatable bonds is 5. The summed E-state index contributed by atoms with van der Waals surface area (Å²) in [5.74, 6) is -0.789. The van der Waals surface area contributed by atoms with Crippen molar-refractivity contribution >= 4 is 17.6 Å². The van der Waals surface area contributed by atoms with Crippen molar-refractivity contribution in [3.63, 3.8) is 0 Å². The average Bonchev–Trinajstić information content (AvgIpc) is 2.19. The van der Waals surface area contributed by atoms with E-state index in [0.717, 1.165) is 5.56 Å². The number of benzene rings is 1. The molecule has 0 radical (unpaired) electrons. The van der Waals surface area contributed by atoms with Crippen LogP contribution < -0.4 is 5.32 Å². The van der Waals surface area contributed by atoms with E-state index in [1.165, 1.54) is 0 Å². The maximum Gasteiger partial charge on any atom is 0.304 e. The van der Waals surface area contributed by atoms with Gasteiger partial charge in [0.1, 0.15) is 0 Å². The zero-order chi connectivity index (χ0) is 11.3. The highest BCUT2D eigenvalue weighted by molar-refractivity contribution is 6.30. The molecule has 0 aromatic heterocycles. The number of carboxylic acids is 1. The lowest BCUT2D eigenvalue weighted by Crippen LogP contribution is -2.30. The summed E-state index contributed by atoms with van der Waals surface area (Å²) in [5.41, 5.74) is 1.08. The van der Waals surface area contributed by atoms with Crippen molar-refractivity contribution in [3.05, 3.63) is 34.9 Å². The minimum absolute atomic E-state index is 0.0383. The summed E-state index contributed by atoms with van der Waals surface area (Å²) in [4.78, 5) is 10.6. The molecule has 4 heteroatoms. The number of likely N-dealkylation sites (N-methyl/N-ethyl adjacent to an activating group) is 1. The zero-order valence-corrected chi connectivity index (χ0v) is 9.29. The molecule has 0 fully saturated rings. The normalized spacial score (nSPS) is 12.4. The number of hydrogen-bond acceptors (Lipinski definition) is 2. The van der Waals surface area contributed by atoms with Crippen LogP contribution in [0.4, 0.5) is 0 Å². The lowest BCUT2D eigenvalue weighted by Gasteiger charge is -2.13. The molecule has 0 saturated carbocycles. The molecule has 0 aliphatic carbocycles. The van der Waals surface area contributed by atoms with Gasteiger partial charge in [0, 0.05) is 11.1 Å². The van der Waals surface area contributed by atoms with Gasteiger partial charge in [0.15, 0.2) is 0 Å². The fourth-order valence-corrected chi connectivity index (χ4v) is 1.52. The molecule has 1 atom stereocenters. The smallest absolute Gasteiger partial charge is 0.304 e.